The number of sulfonamides is 1. The minimum atomic E-state index is -3.52. The molecular weight excluding hydrogens is 286 g/mol. The molecule has 1 aromatic rings. The monoisotopic (exact) mass is 303 g/mol. The molecule has 2 N–H and O–H groups in total. The topological polar surface area (TPSA) is 82.0 Å². The second kappa shape index (κ2) is 8.88. The van der Waals surface area contributed by atoms with Crippen molar-refractivity contribution in [1.29, 1.82) is 5.26 Å². The molecule has 0 aliphatic rings. The molecule has 0 bridgehead atoms. The predicted octanol–water partition coefficient (Wildman–Crippen LogP) is 1.26. The van der Waals surface area contributed by atoms with E-state index in [0.717, 1.165) is 13.0 Å². The Labute approximate surface area is 120 Å². The lowest BCUT2D eigenvalue weighted by atomic mass is 10.2. The number of hydrogen-bond donors (Lipinski definition) is 2. The summed E-state index contributed by atoms with van der Waals surface area (Å²) in [6.07, 6.45) is 1.01. The van der Waals surface area contributed by atoms with Gasteiger partial charge in [-0.3, -0.25) is 0 Å². The maximum atomic E-state index is 11.9. The van der Waals surface area contributed by atoms with Crippen LogP contribution in [-0.4, -0.2) is 28.1 Å². The van der Waals surface area contributed by atoms with Crippen LogP contribution in [-0.2, 0) is 10.0 Å². The highest BCUT2D eigenvalue weighted by molar-refractivity contribution is 7.89. The number of nitriles is 1. The van der Waals surface area contributed by atoms with Crippen molar-refractivity contribution in [3.05, 3.63) is 29.8 Å². The second-order valence-corrected chi connectivity index (χ2v) is 5.55. The Hall–Kier alpha value is -1.13. The molecule has 0 spiro atoms. The third-order valence-corrected chi connectivity index (χ3v) is 3.75. The zero-order valence-corrected chi connectivity index (χ0v) is 12.4. The molecule has 0 unspecified atom stereocenters. The van der Waals surface area contributed by atoms with Crippen molar-refractivity contribution < 1.29 is 8.42 Å². The van der Waals surface area contributed by atoms with Crippen LogP contribution < -0.4 is 10.0 Å². The van der Waals surface area contributed by atoms with Gasteiger partial charge in [0.2, 0.25) is 10.0 Å². The molecule has 0 saturated heterocycles. The second-order valence-electron chi connectivity index (χ2n) is 3.79. The van der Waals surface area contributed by atoms with Gasteiger partial charge in [-0.1, -0.05) is 13.0 Å². The van der Waals surface area contributed by atoms with E-state index in [1.807, 2.05) is 13.0 Å². The highest BCUT2D eigenvalue weighted by Gasteiger charge is 2.13. The number of benzene rings is 1. The Balaban J connectivity index is 0.00000324. The molecule has 0 radical (unpaired) electrons. The predicted molar refractivity (Wildman–Crippen MR) is 76.8 cm³/mol. The standard InChI is InChI=1S/C12H17N3O2S.ClH/c1-2-6-14-7-8-15-18(16,17)12-5-3-4-11(9-12)10-13;/h3-5,9,14-15H,2,6-8H2,1H3;1H. The molecule has 0 saturated carbocycles. The smallest absolute Gasteiger partial charge is 0.240 e. The third kappa shape index (κ3) is 6.03. The molecule has 7 heteroatoms. The summed E-state index contributed by atoms with van der Waals surface area (Å²) in [5.74, 6) is 0. The van der Waals surface area contributed by atoms with Gasteiger partial charge in [-0.25, -0.2) is 13.1 Å². The molecule has 0 aliphatic carbocycles. The van der Waals surface area contributed by atoms with Crippen LogP contribution in [0.2, 0.25) is 0 Å². The highest BCUT2D eigenvalue weighted by atomic mass is 35.5. The first-order chi connectivity index (χ1) is 8.60. The number of nitrogens with one attached hydrogen (secondary N) is 2. The van der Waals surface area contributed by atoms with Crippen LogP contribution >= 0.6 is 12.4 Å². The summed E-state index contributed by atoms with van der Waals surface area (Å²) in [6, 6.07) is 7.89. The average molecular weight is 304 g/mol. The number of nitrogens with zero attached hydrogens (tertiary/aromatic N) is 1. The van der Waals surface area contributed by atoms with Gasteiger partial charge in [-0.05, 0) is 31.2 Å². The third-order valence-electron chi connectivity index (χ3n) is 2.29. The molecule has 5 nitrogen and oxygen atoms in total. The van der Waals surface area contributed by atoms with E-state index in [0.29, 0.717) is 18.7 Å². The first kappa shape index (κ1) is 17.9. The quantitative estimate of drug-likeness (QED) is 0.743. The van der Waals surface area contributed by atoms with Crippen molar-refractivity contribution in [1.82, 2.24) is 10.0 Å². The molecule has 106 valence electrons. The number of halogens is 1. The lowest BCUT2D eigenvalue weighted by Gasteiger charge is -2.07. The zero-order chi connectivity index (χ0) is 13.4. The Kier molecular flexibility index (Phi) is 8.35. The van der Waals surface area contributed by atoms with Gasteiger partial charge in [0.1, 0.15) is 0 Å². The fourth-order valence-electron chi connectivity index (χ4n) is 1.39. The lowest BCUT2D eigenvalue weighted by molar-refractivity contribution is 0.575. The Morgan fingerprint density at radius 1 is 1.26 bits per heavy atom. The van der Waals surface area contributed by atoms with E-state index >= 15 is 0 Å². The average Bonchev–Trinajstić information content (AvgIpc) is 2.38. The zero-order valence-electron chi connectivity index (χ0n) is 10.7. The van der Waals surface area contributed by atoms with Gasteiger partial charge < -0.3 is 5.32 Å². The van der Waals surface area contributed by atoms with E-state index in [2.05, 4.69) is 10.0 Å². The first-order valence-electron chi connectivity index (χ1n) is 5.80. The van der Waals surface area contributed by atoms with E-state index in [9.17, 15) is 8.42 Å². The molecule has 19 heavy (non-hydrogen) atoms. The summed E-state index contributed by atoms with van der Waals surface area (Å²) in [5.41, 5.74) is 0.335. The molecule has 0 amide bonds. The van der Waals surface area contributed by atoms with E-state index < -0.39 is 10.0 Å². The van der Waals surface area contributed by atoms with Gasteiger partial charge in [-0.15, -0.1) is 12.4 Å². The molecule has 1 rings (SSSR count). The van der Waals surface area contributed by atoms with Gasteiger partial charge in [0, 0.05) is 13.1 Å². The largest absolute Gasteiger partial charge is 0.315 e. The van der Waals surface area contributed by atoms with E-state index in [1.165, 1.54) is 12.1 Å². The van der Waals surface area contributed by atoms with Gasteiger partial charge in [0.25, 0.3) is 0 Å². The van der Waals surface area contributed by atoms with E-state index in [1.54, 1.807) is 12.1 Å². The summed E-state index contributed by atoms with van der Waals surface area (Å²) >= 11 is 0. The van der Waals surface area contributed by atoms with Crippen LogP contribution in [0.25, 0.3) is 0 Å². The molecule has 0 heterocycles. The van der Waals surface area contributed by atoms with Crippen LogP contribution in [0.1, 0.15) is 18.9 Å². The van der Waals surface area contributed by atoms with Crippen molar-refractivity contribution in [2.24, 2.45) is 0 Å². The van der Waals surface area contributed by atoms with Crippen molar-refractivity contribution in [2.45, 2.75) is 18.2 Å². The van der Waals surface area contributed by atoms with Crippen LogP contribution in [0.15, 0.2) is 29.2 Å². The van der Waals surface area contributed by atoms with Crippen LogP contribution in [0.4, 0.5) is 0 Å². The van der Waals surface area contributed by atoms with Gasteiger partial charge in [-0.2, -0.15) is 5.26 Å². The number of hydrogen-bond acceptors (Lipinski definition) is 4. The molecule has 0 aromatic heterocycles. The van der Waals surface area contributed by atoms with Gasteiger partial charge in [0.15, 0.2) is 0 Å². The highest BCUT2D eigenvalue weighted by Crippen LogP contribution is 2.10. The Bertz CT molecular complexity index is 526. The van der Waals surface area contributed by atoms with Crippen molar-refractivity contribution in [3.8, 4) is 6.07 Å². The summed E-state index contributed by atoms with van der Waals surface area (Å²) in [6.45, 7) is 3.83. The van der Waals surface area contributed by atoms with Crippen molar-refractivity contribution in [2.75, 3.05) is 19.6 Å². The van der Waals surface area contributed by atoms with Gasteiger partial charge in [0.05, 0.1) is 16.5 Å². The molecule has 0 aliphatic heterocycles. The SMILES string of the molecule is CCCNCCNS(=O)(=O)c1cccc(C#N)c1.Cl. The maximum Gasteiger partial charge on any atom is 0.240 e. The van der Waals surface area contributed by atoms with E-state index in [4.69, 9.17) is 5.26 Å². The Morgan fingerprint density at radius 3 is 2.63 bits per heavy atom. The normalized spacial score (nSPS) is 10.5. The molecule has 1 aromatic carbocycles. The lowest BCUT2D eigenvalue weighted by Crippen LogP contribution is -2.32. The number of rotatable bonds is 7. The van der Waals surface area contributed by atoms with Crippen LogP contribution in [0, 0.1) is 11.3 Å². The van der Waals surface area contributed by atoms with Gasteiger partial charge >= 0.3 is 0 Å². The molecule has 0 fully saturated rings. The maximum absolute atomic E-state index is 11.9. The van der Waals surface area contributed by atoms with Crippen LogP contribution in [0.3, 0.4) is 0 Å². The van der Waals surface area contributed by atoms with E-state index in [-0.39, 0.29) is 17.3 Å². The Morgan fingerprint density at radius 2 is 2.00 bits per heavy atom. The first-order valence-corrected chi connectivity index (χ1v) is 7.29. The fourth-order valence-corrected chi connectivity index (χ4v) is 2.47. The minimum Gasteiger partial charge on any atom is -0.315 e. The molecular formula is C12H18ClN3O2S. The van der Waals surface area contributed by atoms with Crippen molar-refractivity contribution in [3.63, 3.8) is 0 Å². The summed E-state index contributed by atoms with van der Waals surface area (Å²) in [4.78, 5) is 0.122. The van der Waals surface area contributed by atoms with Crippen LogP contribution in [0.5, 0.6) is 0 Å². The molecule has 0 atom stereocenters. The summed E-state index contributed by atoms with van der Waals surface area (Å²) in [5, 5.41) is 11.8. The fraction of sp³-hybridized carbons (Fsp3) is 0.417. The van der Waals surface area contributed by atoms with Crippen molar-refractivity contribution >= 4 is 22.4 Å². The summed E-state index contributed by atoms with van der Waals surface area (Å²) in [7, 11) is -3.52. The minimum absolute atomic E-state index is 0. The summed E-state index contributed by atoms with van der Waals surface area (Å²) < 4.78 is 26.3.